The molecule has 0 aliphatic heterocycles. The molecule has 0 fully saturated rings. The maximum Gasteiger partial charge on any atom is 0.339 e. The number of nitrogens with one attached hydrogen (secondary N) is 1. The van der Waals surface area contributed by atoms with Crippen LogP contribution in [-0.2, 0) is 24.1 Å². The van der Waals surface area contributed by atoms with E-state index in [0.717, 1.165) is 17.5 Å². The molecular formula is C25H23NO4. The van der Waals surface area contributed by atoms with Gasteiger partial charge in [-0.15, -0.1) is 0 Å². The fraction of sp³-hybridized carbons (Fsp3) is 0.200. The lowest BCUT2D eigenvalue weighted by molar-refractivity contribution is -0.120. The van der Waals surface area contributed by atoms with Crippen LogP contribution in [-0.4, -0.2) is 30.6 Å². The van der Waals surface area contributed by atoms with Gasteiger partial charge in [-0.05, 0) is 58.4 Å². The Bertz CT molecular complexity index is 1120. The van der Waals surface area contributed by atoms with Crippen molar-refractivity contribution < 1.29 is 19.4 Å². The summed E-state index contributed by atoms with van der Waals surface area (Å²) in [5.74, 6) is -0.719. The number of ether oxygens (including phenoxy) is 1. The molecule has 0 saturated carbocycles. The summed E-state index contributed by atoms with van der Waals surface area (Å²) in [4.78, 5) is 23.7. The average molecular weight is 401 g/mol. The molecular weight excluding hydrogens is 378 g/mol. The zero-order valence-electron chi connectivity index (χ0n) is 16.8. The van der Waals surface area contributed by atoms with Gasteiger partial charge in [0.2, 0.25) is 5.91 Å². The summed E-state index contributed by atoms with van der Waals surface area (Å²) in [7, 11) is 1.45. The minimum Gasteiger partial charge on any atom is -0.496 e. The third-order valence-corrected chi connectivity index (χ3v) is 5.53. The fourth-order valence-electron chi connectivity index (χ4n) is 4.04. The molecule has 0 spiro atoms. The van der Waals surface area contributed by atoms with Crippen molar-refractivity contribution in [3.63, 3.8) is 0 Å². The van der Waals surface area contributed by atoms with Gasteiger partial charge in [0.15, 0.2) is 0 Å². The molecule has 0 aromatic heterocycles. The van der Waals surface area contributed by atoms with Crippen molar-refractivity contribution in [1.82, 2.24) is 5.32 Å². The predicted molar refractivity (Wildman–Crippen MR) is 115 cm³/mol. The Morgan fingerprint density at radius 2 is 1.83 bits per heavy atom. The SMILES string of the molecule is COc1cc(CCNC(=O)Cc2cccc3c2Cc2ccccc2-3)ccc1C(=O)O. The van der Waals surface area contributed by atoms with E-state index in [1.165, 1.54) is 35.4 Å². The van der Waals surface area contributed by atoms with Crippen molar-refractivity contribution in [2.75, 3.05) is 13.7 Å². The molecule has 3 aromatic carbocycles. The largest absolute Gasteiger partial charge is 0.496 e. The molecule has 2 N–H and O–H groups in total. The lowest BCUT2D eigenvalue weighted by Gasteiger charge is -2.11. The van der Waals surface area contributed by atoms with Crippen molar-refractivity contribution in [1.29, 1.82) is 0 Å². The Labute approximate surface area is 175 Å². The first-order chi connectivity index (χ1) is 14.6. The van der Waals surface area contributed by atoms with Gasteiger partial charge >= 0.3 is 5.97 Å². The van der Waals surface area contributed by atoms with Crippen LogP contribution < -0.4 is 10.1 Å². The Kier molecular flexibility index (Phi) is 5.53. The molecule has 152 valence electrons. The highest BCUT2D eigenvalue weighted by Crippen LogP contribution is 2.38. The van der Waals surface area contributed by atoms with Gasteiger partial charge < -0.3 is 15.2 Å². The first kappa shape index (κ1) is 19.7. The number of fused-ring (bicyclic) bond motifs is 3. The molecule has 0 bridgehead atoms. The molecule has 1 amide bonds. The quantitative estimate of drug-likeness (QED) is 0.493. The second-order valence-corrected chi connectivity index (χ2v) is 7.39. The molecule has 5 nitrogen and oxygen atoms in total. The number of carbonyl (C=O) groups excluding carboxylic acids is 1. The van der Waals surface area contributed by atoms with Crippen LogP contribution in [0.5, 0.6) is 5.75 Å². The minimum absolute atomic E-state index is 0.0199. The summed E-state index contributed by atoms with van der Waals surface area (Å²) in [6.07, 6.45) is 1.81. The van der Waals surface area contributed by atoms with E-state index < -0.39 is 5.97 Å². The molecule has 4 rings (SSSR count). The topological polar surface area (TPSA) is 75.6 Å². The smallest absolute Gasteiger partial charge is 0.339 e. The van der Waals surface area contributed by atoms with Gasteiger partial charge in [-0.3, -0.25) is 4.79 Å². The molecule has 0 radical (unpaired) electrons. The average Bonchev–Trinajstić information content (AvgIpc) is 3.13. The number of aromatic carboxylic acids is 1. The molecule has 1 aliphatic carbocycles. The van der Waals surface area contributed by atoms with Gasteiger partial charge in [0.1, 0.15) is 11.3 Å². The Morgan fingerprint density at radius 1 is 1.03 bits per heavy atom. The normalized spacial score (nSPS) is 11.5. The van der Waals surface area contributed by atoms with Gasteiger partial charge in [-0.1, -0.05) is 48.5 Å². The van der Waals surface area contributed by atoms with E-state index in [-0.39, 0.29) is 11.5 Å². The van der Waals surface area contributed by atoms with Crippen molar-refractivity contribution >= 4 is 11.9 Å². The number of methoxy groups -OCH3 is 1. The number of benzene rings is 3. The number of carbonyl (C=O) groups is 2. The summed E-state index contributed by atoms with van der Waals surface area (Å²) in [5, 5.41) is 12.1. The Balaban J connectivity index is 1.37. The summed E-state index contributed by atoms with van der Waals surface area (Å²) >= 11 is 0. The van der Waals surface area contributed by atoms with Crippen molar-refractivity contribution in [2.45, 2.75) is 19.3 Å². The van der Waals surface area contributed by atoms with Crippen LogP contribution in [0, 0.1) is 0 Å². The van der Waals surface area contributed by atoms with E-state index in [1.807, 2.05) is 18.2 Å². The Hall–Kier alpha value is -3.60. The highest BCUT2D eigenvalue weighted by molar-refractivity contribution is 5.91. The number of carboxylic acids is 1. The fourth-order valence-corrected chi connectivity index (χ4v) is 4.04. The van der Waals surface area contributed by atoms with E-state index >= 15 is 0 Å². The van der Waals surface area contributed by atoms with E-state index in [4.69, 9.17) is 9.84 Å². The number of amides is 1. The highest BCUT2D eigenvalue weighted by atomic mass is 16.5. The zero-order valence-corrected chi connectivity index (χ0v) is 16.8. The van der Waals surface area contributed by atoms with E-state index in [0.29, 0.717) is 25.1 Å². The van der Waals surface area contributed by atoms with Gasteiger partial charge in [0.25, 0.3) is 0 Å². The van der Waals surface area contributed by atoms with Crippen LogP contribution in [0.25, 0.3) is 11.1 Å². The molecule has 0 heterocycles. The molecule has 0 atom stereocenters. The summed E-state index contributed by atoms with van der Waals surface area (Å²) in [5.41, 5.74) is 7.13. The first-order valence-corrected chi connectivity index (χ1v) is 9.92. The second kappa shape index (κ2) is 8.41. The lowest BCUT2D eigenvalue weighted by Crippen LogP contribution is -2.27. The van der Waals surface area contributed by atoms with Gasteiger partial charge in [-0.2, -0.15) is 0 Å². The van der Waals surface area contributed by atoms with Crippen molar-refractivity contribution in [2.24, 2.45) is 0 Å². The summed E-state index contributed by atoms with van der Waals surface area (Å²) in [6.45, 7) is 0.476. The molecule has 5 heteroatoms. The zero-order chi connectivity index (χ0) is 21.1. The number of hydrogen-bond acceptors (Lipinski definition) is 3. The molecule has 0 saturated heterocycles. The van der Waals surface area contributed by atoms with Crippen molar-refractivity contribution in [3.05, 3.63) is 88.5 Å². The van der Waals surface area contributed by atoms with Crippen LogP contribution in [0.1, 0.15) is 32.6 Å². The number of carboxylic acid groups (broad SMARTS) is 1. The summed E-state index contributed by atoms with van der Waals surface area (Å²) < 4.78 is 5.15. The van der Waals surface area contributed by atoms with Crippen LogP contribution in [0.3, 0.4) is 0 Å². The third kappa shape index (κ3) is 3.92. The lowest BCUT2D eigenvalue weighted by atomic mass is 9.99. The molecule has 0 unspecified atom stereocenters. The van der Waals surface area contributed by atoms with Gasteiger partial charge in [0.05, 0.1) is 13.5 Å². The van der Waals surface area contributed by atoms with E-state index in [9.17, 15) is 9.59 Å². The van der Waals surface area contributed by atoms with Gasteiger partial charge in [0, 0.05) is 6.54 Å². The van der Waals surface area contributed by atoms with Crippen LogP contribution in [0.2, 0.25) is 0 Å². The second-order valence-electron chi connectivity index (χ2n) is 7.39. The number of rotatable bonds is 7. The molecule has 1 aliphatic rings. The summed E-state index contributed by atoms with van der Waals surface area (Å²) in [6, 6.07) is 19.5. The Morgan fingerprint density at radius 3 is 2.63 bits per heavy atom. The monoisotopic (exact) mass is 401 g/mol. The van der Waals surface area contributed by atoms with Crippen LogP contribution in [0.15, 0.2) is 60.7 Å². The van der Waals surface area contributed by atoms with E-state index in [2.05, 4.69) is 29.6 Å². The highest BCUT2D eigenvalue weighted by Gasteiger charge is 2.21. The predicted octanol–water partition coefficient (Wildman–Crippen LogP) is 3.87. The molecule has 3 aromatic rings. The van der Waals surface area contributed by atoms with E-state index in [1.54, 1.807) is 12.1 Å². The van der Waals surface area contributed by atoms with Crippen LogP contribution in [0.4, 0.5) is 0 Å². The van der Waals surface area contributed by atoms with Crippen molar-refractivity contribution in [3.8, 4) is 16.9 Å². The number of hydrogen-bond donors (Lipinski definition) is 2. The third-order valence-electron chi connectivity index (χ3n) is 5.53. The first-order valence-electron chi connectivity index (χ1n) is 9.92. The standard InChI is InChI=1S/C25H23NO4/c1-30-23-13-16(9-10-21(23)25(28)29)11-12-26-24(27)15-18-6-4-8-20-19-7-3-2-5-17(19)14-22(18)20/h2-10,13H,11-12,14-15H2,1H3,(H,26,27)(H,28,29). The maximum atomic E-state index is 12.5. The minimum atomic E-state index is -1.02. The van der Waals surface area contributed by atoms with Crippen LogP contribution >= 0.6 is 0 Å². The maximum absolute atomic E-state index is 12.5. The van der Waals surface area contributed by atoms with Gasteiger partial charge in [-0.25, -0.2) is 4.79 Å². The molecule has 30 heavy (non-hydrogen) atoms.